The van der Waals surface area contributed by atoms with Crippen LogP contribution in [0.25, 0.3) is 10.8 Å². The third-order valence-corrected chi connectivity index (χ3v) is 7.43. The molecule has 0 spiro atoms. The molecule has 6 heteroatoms. The zero-order chi connectivity index (χ0) is 21.8. The molecule has 0 N–H and O–H groups in total. The van der Waals surface area contributed by atoms with Crippen LogP contribution in [0.4, 0.5) is 8.78 Å². The number of esters is 2. The van der Waals surface area contributed by atoms with E-state index in [1.54, 1.807) is 6.07 Å². The monoisotopic (exact) mass is 428 g/mol. The molecule has 31 heavy (non-hydrogen) atoms. The fraction of sp³-hybridized carbons (Fsp3) is 0.520. The molecule has 2 aromatic rings. The molecule has 0 radical (unpaired) electrons. The van der Waals surface area contributed by atoms with Crippen LogP contribution in [0.1, 0.15) is 49.4 Å². The Morgan fingerprint density at radius 1 is 1.03 bits per heavy atom. The summed E-state index contributed by atoms with van der Waals surface area (Å²) in [5.41, 5.74) is 0.411. The molecule has 4 nitrogen and oxygen atoms in total. The average molecular weight is 428 g/mol. The van der Waals surface area contributed by atoms with Gasteiger partial charge in [0, 0.05) is 12.3 Å². The minimum Gasteiger partial charge on any atom is -0.461 e. The van der Waals surface area contributed by atoms with Gasteiger partial charge in [-0.05, 0) is 66.7 Å². The summed E-state index contributed by atoms with van der Waals surface area (Å²) in [7, 11) is 0. The van der Waals surface area contributed by atoms with Crippen LogP contribution in [0.5, 0.6) is 0 Å². The Morgan fingerprint density at radius 3 is 2.42 bits per heavy atom. The molecule has 0 aliphatic heterocycles. The van der Waals surface area contributed by atoms with Gasteiger partial charge in [-0.2, -0.15) is 8.78 Å². The lowest BCUT2D eigenvalue weighted by Gasteiger charge is -2.59. The number of carbonyl (C=O) groups is 2. The smallest absolute Gasteiger partial charge is 0.376 e. The van der Waals surface area contributed by atoms with Crippen LogP contribution in [-0.4, -0.2) is 30.6 Å². The Morgan fingerprint density at radius 2 is 1.71 bits per heavy atom. The van der Waals surface area contributed by atoms with Crippen LogP contribution in [0, 0.1) is 23.2 Å². The predicted octanol–water partition coefficient (Wildman–Crippen LogP) is 5.39. The molecule has 0 heterocycles. The van der Waals surface area contributed by atoms with Gasteiger partial charge < -0.3 is 9.47 Å². The lowest BCUT2D eigenvalue weighted by atomic mass is 9.49. The molecule has 0 saturated heterocycles. The molecular formula is C25H26F2O4. The van der Waals surface area contributed by atoms with E-state index in [0.717, 1.165) is 42.9 Å². The molecule has 2 aromatic carbocycles. The summed E-state index contributed by atoms with van der Waals surface area (Å²) in [5, 5.41) is 1.86. The van der Waals surface area contributed by atoms with E-state index in [1.165, 1.54) is 0 Å². The van der Waals surface area contributed by atoms with Gasteiger partial charge in [0.1, 0.15) is 6.10 Å². The number of benzene rings is 2. The van der Waals surface area contributed by atoms with Crippen molar-refractivity contribution in [3.63, 3.8) is 0 Å². The fourth-order valence-corrected chi connectivity index (χ4v) is 6.44. The van der Waals surface area contributed by atoms with E-state index >= 15 is 0 Å². The number of hydrogen-bond acceptors (Lipinski definition) is 4. The normalized spacial score (nSPS) is 31.6. The largest absolute Gasteiger partial charge is 0.461 e. The van der Waals surface area contributed by atoms with E-state index in [9.17, 15) is 18.4 Å². The van der Waals surface area contributed by atoms with Crippen molar-refractivity contribution in [2.45, 2.75) is 51.1 Å². The fourth-order valence-electron chi connectivity index (χ4n) is 6.44. The Labute approximate surface area is 179 Å². The van der Waals surface area contributed by atoms with E-state index in [-0.39, 0.29) is 23.2 Å². The van der Waals surface area contributed by atoms with Gasteiger partial charge in [-0.25, -0.2) is 9.59 Å². The van der Waals surface area contributed by atoms with Crippen molar-refractivity contribution in [1.29, 1.82) is 0 Å². The second kappa shape index (κ2) is 7.28. The molecule has 6 rings (SSSR count). The molecule has 4 saturated carbocycles. The molecule has 4 aliphatic rings. The maximum Gasteiger partial charge on any atom is 0.376 e. The van der Waals surface area contributed by atoms with Gasteiger partial charge >= 0.3 is 17.9 Å². The van der Waals surface area contributed by atoms with E-state index in [2.05, 4.69) is 0 Å². The first-order valence-electron chi connectivity index (χ1n) is 11.0. The van der Waals surface area contributed by atoms with Gasteiger partial charge in [0.25, 0.3) is 0 Å². The van der Waals surface area contributed by atoms with Crippen molar-refractivity contribution in [1.82, 2.24) is 0 Å². The first-order valence-corrected chi connectivity index (χ1v) is 11.0. The lowest BCUT2D eigenvalue weighted by Crippen LogP contribution is -2.56. The van der Waals surface area contributed by atoms with Crippen molar-refractivity contribution in [3.8, 4) is 0 Å². The van der Waals surface area contributed by atoms with Gasteiger partial charge in [-0.1, -0.05) is 36.4 Å². The molecule has 4 bridgehead atoms. The standard InChI is InChI=1S/C25H26F2O4/c1-24(26,27)23(29)31-21-17-9-15-10-18(21)13-25(11-15,12-17)14-30-22(28)20-8-4-6-16-5-2-3-7-19(16)20/h2-8,15,17-18,21H,9-14H2,1H3. The minimum atomic E-state index is -3.47. The summed E-state index contributed by atoms with van der Waals surface area (Å²) < 4.78 is 37.8. The number of alkyl halides is 2. The summed E-state index contributed by atoms with van der Waals surface area (Å²) in [6.45, 7) is 0.906. The van der Waals surface area contributed by atoms with E-state index in [4.69, 9.17) is 9.47 Å². The third-order valence-electron chi connectivity index (χ3n) is 7.43. The predicted molar refractivity (Wildman–Crippen MR) is 111 cm³/mol. The highest BCUT2D eigenvalue weighted by Gasteiger charge is 2.57. The number of ether oxygens (including phenoxy) is 2. The summed E-state index contributed by atoms with van der Waals surface area (Å²) >= 11 is 0. The highest BCUT2D eigenvalue weighted by molar-refractivity contribution is 6.04. The summed E-state index contributed by atoms with van der Waals surface area (Å²) in [6, 6.07) is 13.3. The molecule has 2 atom stereocenters. The molecule has 0 aromatic heterocycles. The van der Waals surface area contributed by atoms with Gasteiger partial charge in [-0.3, -0.25) is 0 Å². The lowest BCUT2D eigenvalue weighted by molar-refractivity contribution is -0.204. The first-order chi connectivity index (χ1) is 14.7. The number of carbonyl (C=O) groups excluding carboxylic acids is 2. The first kappa shape index (κ1) is 20.4. The van der Waals surface area contributed by atoms with Crippen molar-refractivity contribution < 1.29 is 27.8 Å². The highest BCUT2D eigenvalue weighted by Crippen LogP contribution is 2.61. The maximum atomic E-state index is 13.4. The minimum absolute atomic E-state index is 0.0637. The molecular weight excluding hydrogens is 402 g/mol. The summed E-state index contributed by atoms with van der Waals surface area (Å²) in [4.78, 5) is 24.7. The van der Waals surface area contributed by atoms with Crippen LogP contribution < -0.4 is 0 Å². The Hall–Kier alpha value is -2.50. The number of rotatable bonds is 5. The van der Waals surface area contributed by atoms with E-state index < -0.39 is 18.0 Å². The van der Waals surface area contributed by atoms with Gasteiger partial charge in [0.05, 0.1) is 12.2 Å². The van der Waals surface area contributed by atoms with Crippen molar-refractivity contribution in [2.24, 2.45) is 23.2 Å². The van der Waals surface area contributed by atoms with Crippen LogP contribution >= 0.6 is 0 Å². The van der Waals surface area contributed by atoms with Crippen molar-refractivity contribution in [2.75, 3.05) is 6.61 Å². The van der Waals surface area contributed by atoms with Crippen LogP contribution in [0.3, 0.4) is 0 Å². The summed E-state index contributed by atoms with van der Waals surface area (Å²) in [6.07, 6.45) is 3.81. The topological polar surface area (TPSA) is 52.6 Å². The molecule has 164 valence electrons. The quantitative estimate of drug-likeness (QED) is 0.599. The van der Waals surface area contributed by atoms with Gasteiger partial charge in [-0.15, -0.1) is 0 Å². The Bertz CT molecular complexity index is 1010. The second-order valence-corrected chi connectivity index (χ2v) is 9.83. The second-order valence-electron chi connectivity index (χ2n) is 9.83. The van der Waals surface area contributed by atoms with Crippen LogP contribution in [0.15, 0.2) is 42.5 Å². The molecule has 4 fully saturated rings. The number of halogens is 2. The Balaban J connectivity index is 1.29. The van der Waals surface area contributed by atoms with Gasteiger partial charge in [0.15, 0.2) is 0 Å². The zero-order valence-electron chi connectivity index (χ0n) is 17.5. The maximum absolute atomic E-state index is 13.4. The van der Waals surface area contributed by atoms with E-state index in [1.807, 2.05) is 36.4 Å². The van der Waals surface area contributed by atoms with E-state index in [0.29, 0.717) is 25.0 Å². The molecule has 0 amide bonds. The number of hydrogen-bond donors (Lipinski definition) is 0. The SMILES string of the molecule is CC(F)(F)C(=O)OC1C2CC3CC1CC(COC(=O)c1cccc4ccccc14)(C3)C2. The van der Waals surface area contributed by atoms with Crippen LogP contribution in [0.2, 0.25) is 0 Å². The third kappa shape index (κ3) is 3.70. The average Bonchev–Trinajstić information content (AvgIpc) is 2.73. The Kier molecular flexibility index (Phi) is 4.79. The van der Waals surface area contributed by atoms with Gasteiger partial charge in [0.2, 0.25) is 0 Å². The highest BCUT2D eigenvalue weighted by atomic mass is 19.3. The van der Waals surface area contributed by atoms with Crippen molar-refractivity contribution in [3.05, 3.63) is 48.0 Å². The van der Waals surface area contributed by atoms with Crippen molar-refractivity contribution >= 4 is 22.7 Å². The van der Waals surface area contributed by atoms with Crippen LogP contribution in [-0.2, 0) is 14.3 Å². The summed E-state index contributed by atoms with van der Waals surface area (Å²) in [5.74, 6) is -4.63. The molecule has 4 aliphatic carbocycles. The number of fused-ring (bicyclic) bond motifs is 1. The molecule has 2 unspecified atom stereocenters. The zero-order valence-corrected chi connectivity index (χ0v) is 17.5.